The Balaban J connectivity index is 1.95. The van der Waals surface area contributed by atoms with E-state index in [1.165, 1.54) is 0 Å². The molecule has 1 N–H and O–H groups in total. The third kappa shape index (κ3) is 2.38. The van der Waals surface area contributed by atoms with E-state index in [2.05, 4.69) is 33.1 Å². The van der Waals surface area contributed by atoms with Crippen molar-refractivity contribution in [2.24, 2.45) is 0 Å². The Hall–Kier alpha value is -0.320. The second-order valence-corrected chi connectivity index (χ2v) is 4.51. The minimum absolute atomic E-state index is 0.590. The van der Waals surface area contributed by atoms with E-state index in [4.69, 9.17) is 4.42 Å². The molecule has 1 aliphatic heterocycles. The maximum absolute atomic E-state index is 5.49. The van der Waals surface area contributed by atoms with Gasteiger partial charge in [0.05, 0.1) is 6.54 Å². The lowest BCUT2D eigenvalue weighted by Gasteiger charge is -2.33. The highest BCUT2D eigenvalue weighted by atomic mass is 79.9. The maximum atomic E-state index is 5.49. The van der Waals surface area contributed by atoms with Gasteiger partial charge in [-0.1, -0.05) is 0 Å². The van der Waals surface area contributed by atoms with Crippen LogP contribution in [0.1, 0.15) is 12.7 Å². The molecule has 2 rings (SSSR count). The van der Waals surface area contributed by atoms with Crippen molar-refractivity contribution in [3.63, 3.8) is 0 Å². The van der Waals surface area contributed by atoms with E-state index in [1.54, 1.807) is 0 Å². The van der Waals surface area contributed by atoms with Crippen LogP contribution in [0.15, 0.2) is 21.2 Å². The first-order valence-corrected chi connectivity index (χ1v) is 5.74. The summed E-state index contributed by atoms with van der Waals surface area (Å²) in [7, 11) is 0. The summed E-state index contributed by atoms with van der Waals surface area (Å²) in [5, 5.41) is 3.37. The van der Waals surface area contributed by atoms with Crippen molar-refractivity contribution >= 4 is 15.9 Å². The molecular weight excluding hydrogens is 244 g/mol. The predicted octanol–water partition coefficient (Wildman–Crippen LogP) is 1.84. The van der Waals surface area contributed by atoms with E-state index in [1.807, 2.05) is 12.1 Å². The topological polar surface area (TPSA) is 28.4 Å². The van der Waals surface area contributed by atoms with Gasteiger partial charge in [-0.15, -0.1) is 0 Å². The summed E-state index contributed by atoms with van der Waals surface area (Å²) in [5.41, 5.74) is 0. The Kier molecular flexibility index (Phi) is 3.26. The standard InChI is InChI=1S/C10H15BrN2O/c1-8-6-12-4-5-13(8)7-9-2-3-10(11)14-9/h2-3,8,12H,4-7H2,1H3. The molecule has 0 spiro atoms. The summed E-state index contributed by atoms with van der Waals surface area (Å²) in [4.78, 5) is 2.43. The zero-order valence-electron chi connectivity index (χ0n) is 8.29. The van der Waals surface area contributed by atoms with Crippen LogP contribution in [0, 0.1) is 0 Å². The van der Waals surface area contributed by atoms with Gasteiger partial charge in [0.15, 0.2) is 4.67 Å². The molecule has 0 aliphatic carbocycles. The first kappa shape index (κ1) is 10.2. The van der Waals surface area contributed by atoms with Crippen LogP contribution in [-0.2, 0) is 6.54 Å². The van der Waals surface area contributed by atoms with Crippen molar-refractivity contribution in [2.45, 2.75) is 19.5 Å². The molecule has 1 aliphatic rings. The second kappa shape index (κ2) is 4.47. The van der Waals surface area contributed by atoms with Gasteiger partial charge in [-0.25, -0.2) is 0 Å². The molecule has 78 valence electrons. The Labute approximate surface area is 92.6 Å². The van der Waals surface area contributed by atoms with E-state index in [9.17, 15) is 0 Å². The lowest BCUT2D eigenvalue weighted by atomic mass is 10.2. The number of nitrogens with zero attached hydrogens (tertiary/aromatic N) is 1. The van der Waals surface area contributed by atoms with Crippen LogP contribution in [0.4, 0.5) is 0 Å². The van der Waals surface area contributed by atoms with Gasteiger partial charge in [0, 0.05) is 25.7 Å². The van der Waals surface area contributed by atoms with Crippen LogP contribution in [0.25, 0.3) is 0 Å². The monoisotopic (exact) mass is 258 g/mol. The minimum atomic E-state index is 0.590. The van der Waals surface area contributed by atoms with Crippen molar-refractivity contribution in [1.29, 1.82) is 0 Å². The molecule has 1 atom stereocenters. The Morgan fingerprint density at radius 2 is 2.50 bits per heavy atom. The molecule has 0 bridgehead atoms. The highest BCUT2D eigenvalue weighted by Crippen LogP contribution is 2.17. The van der Waals surface area contributed by atoms with Crippen LogP contribution in [0.3, 0.4) is 0 Å². The van der Waals surface area contributed by atoms with Gasteiger partial charge < -0.3 is 9.73 Å². The van der Waals surface area contributed by atoms with Crippen molar-refractivity contribution in [3.05, 3.63) is 22.6 Å². The molecule has 1 fully saturated rings. The lowest BCUT2D eigenvalue weighted by Crippen LogP contribution is -2.49. The minimum Gasteiger partial charge on any atom is -0.453 e. The summed E-state index contributed by atoms with van der Waals surface area (Å²) < 4.78 is 6.30. The fraction of sp³-hybridized carbons (Fsp3) is 0.600. The van der Waals surface area contributed by atoms with Crippen molar-refractivity contribution in [1.82, 2.24) is 10.2 Å². The fourth-order valence-electron chi connectivity index (χ4n) is 1.75. The average Bonchev–Trinajstić information content (AvgIpc) is 2.56. The van der Waals surface area contributed by atoms with E-state index in [0.29, 0.717) is 6.04 Å². The zero-order valence-corrected chi connectivity index (χ0v) is 9.88. The largest absolute Gasteiger partial charge is 0.453 e. The summed E-state index contributed by atoms with van der Waals surface area (Å²) in [6, 6.07) is 4.56. The Morgan fingerprint density at radius 1 is 1.64 bits per heavy atom. The number of hydrogen-bond acceptors (Lipinski definition) is 3. The molecule has 1 saturated heterocycles. The molecule has 1 unspecified atom stereocenters. The maximum Gasteiger partial charge on any atom is 0.169 e. The average molecular weight is 259 g/mol. The smallest absolute Gasteiger partial charge is 0.169 e. The van der Waals surface area contributed by atoms with E-state index >= 15 is 0 Å². The number of piperazine rings is 1. The molecule has 14 heavy (non-hydrogen) atoms. The quantitative estimate of drug-likeness (QED) is 0.878. The first-order valence-electron chi connectivity index (χ1n) is 4.94. The van der Waals surface area contributed by atoms with Gasteiger partial charge in [-0.05, 0) is 35.0 Å². The SMILES string of the molecule is CC1CNCCN1Cc1ccc(Br)o1. The molecule has 0 saturated carbocycles. The molecule has 3 nitrogen and oxygen atoms in total. The lowest BCUT2D eigenvalue weighted by molar-refractivity contribution is 0.153. The molecule has 1 aromatic rings. The number of halogens is 1. The van der Waals surface area contributed by atoms with Gasteiger partial charge in [0.1, 0.15) is 5.76 Å². The third-order valence-corrected chi connectivity index (χ3v) is 3.05. The van der Waals surface area contributed by atoms with Gasteiger partial charge in [-0.3, -0.25) is 4.90 Å². The first-order chi connectivity index (χ1) is 6.75. The van der Waals surface area contributed by atoms with Crippen molar-refractivity contribution in [3.8, 4) is 0 Å². The van der Waals surface area contributed by atoms with Crippen LogP contribution in [-0.4, -0.2) is 30.6 Å². The summed E-state index contributed by atoms with van der Waals surface area (Å²) in [5.74, 6) is 1.03. The molecule has 2 heterocycles. The van der Waals surface area contributed by atoms with E-state index in [0.717, 1.165) is 36.6 Å². The second-order valence-electron chi connectivity index (χ2n) is 3.73. The highest BCUT2D eigenvalue weighted by Gasteiger charge is 2.18. The summed E-state index contributed by atoms with van der Waals surface area (Å²) in [6.07, 6.45) is 0. The molecule has 4 heteroatoms. The number of rotatable bonds is 2. The van der Waals surface area contributed by atoms with Crippen molar-refractivity contribution in [2.75, 3.05) is 19.6 Å². The van der Waals surface area contributed by atoms with E-state index < -0.39 is 0 Å². The molecule has 0 aromatic carbocycles. The third-order valence-electron chi connectivity index (χ3n) is 2.63. The molecule has 1 aromatic heterocycles. The Bertz CT molecular complexity index is 300. The number of furan rings is 1. The van der Waals surface area contributed by atoms with Gasteiger partial charge in [0.25, 0.3) is 0 Å². The van der Waals surface area contributed by atoms with Crippen LogP contribution in [0.2, 0.25) is 0 Å². The normalized spacial score (nSPS) is 24.0. The van der Waals surface area contributed by atoms with Crippen molar-refractivity contribution < 1.29 is 4.42 Å². The van der Waals surface area contributed by atoms with E-state index in [-0.39, 0.29) is 0 Å². The van der Waals surface area contributed by atoms with Gasteiger partial charge in [-0.2, -0.15) is 0 Å². The highest BCUT2D eigenvalue weighted by molar-refractivity contribution is 9.10. The van der Waals surface area contributed by atoms with Crippen LogP contribution in [0.5, 0.6) is 0 Å². The number of nitrogens with one attached hydrogen (secondary N) is 1. The summed E-state index contributed by atoms with van der Waals surface area (Å²) >= 11 is 3.31. The molecule has 0 amide bonds. The zero-order chi connectivity index (χ0) is 9.97. The molecule has 0 radical (unpaired) electrons. The predicted molar refractivity (Wildman–Crippen MR) is 59.1 cm³/mol. The van der Waals surface area contributed by atoms with Gasteiger partial charge in [0.2, 0.25) is 0 Å². The van der Waals surface area contributed by atoms with Crippen LogP contribution >= 0.6 is 15.9 Å². The summed E-state index contributed by atoms with van der Waals surface area (Å²) in [6.45, 7) is 6.40. The fourth-order valence-corrected chi connectivity index (χ4v) is 2.09. The van der Waals surface area contributed by atoms with Gasteiger partial charge >= 0.3 is 0 Å². The van der Waals surface area contributed by atoms with Crippen LogP contribution < -0.4 is 5.32 Å². The Morgan fingerprint density at radius 3 is 3.14 bits per heavy atom. The molecular formula is C10H15BrN2O. The number of hydrogen-bond donors (Lipinski definition) is 1.